The Morgan fingerprint density at radius 2 is 2.18 bits per heavy atom. The van der Waals surface area contributed by atoms with Gasteiger partial charge in [0.1, 0.15) is 0 Å². The van der Waals surface area contributed by atoms with Crippen molar-refractivity contribution in [1.29, 1.82) is 0 Å². The minimum atomic E-state index is -0.0514. The molecule has 1 aromatic heterocycles. The van der Waals surface area contributed by atoms with Crippen LogP contribution in [0.3, 0.4) is 0 Å². The summed E-state index contributed by atoms with van der Waals surface area (Å²) in [6.07, 6.45) is 0.570. The number of aromatic nitrogens is 2. The molecule has 0 saturated heterocycles. The van der Waals surface area contributed by atoms with Crippen molar-refractivity contribution in [3.63, 3.8) is 0 Å². The zero-order chi connectivity index (χ0) is 13.1. The molecule has 0 spiro atoms. The van der Waals surface area contributed by atoms with E-state index < -0.39 is 0 Å². The van der Waals surface area contributed by atoms with Crippen LogP contribution in [0.2, 0.25) is 0 Å². The molecular formula is C11H18IN3O2. The predicted octanol–water partition coefficient (Wildman–Crippen LogP) is 1.89. The maximum Gasteiger partial charge on any atom is 0.233 e. The number of hydrogen-bond donors (Lipinski definition) is 1. The average Bonchev–Trinajstić information content (AvgIpc) is 2.61. The van der Waals surface area contributed by atoms with Gasteiger partial charge in [0.15, 0.2) is 5.82 Å². The minimum absolute atomic E-state index is 0.0360. The number of halogens is 1. The van der Waals surface area contributed by atoms with E-state index in [1.807, 2.05) is 20.8 Å². The summed E-state index contributed by atoms with van der Waals surface area (Å²) in [5, 5.41) is 6.56. The Bertz CT molecular complexity index is 384. The number of alkyl halides is 1. The van der Waals surface area contributed by atoms with Gasteiger partial charge in [-0.05, 0) is 12.3 Å². The Morgan fingerprint density at radius 1 is 1.53 bits per heavy atom. The number of nitrogens with zero attached hydrogens (tertiary/aromatic N) is 2. The van der Waals surface area contributed by atoms with Crippen LogP contribution in [0.4, 0.5) is 0 Å². The molecule has 1 amide bonds. The van der Waals surface area contributed by atoms with Crippen LogP contribution < -0.4 is 5.32 Å². The molecule has 0 fully saturated rings. The molecule has 5 nitrogen and oxygen atoms in total. The average molecular weight is 351 g/mol. The predicted molar refractivity (Wildman–Crippen MR) is 73.0 cm³/mol. The van der Waals surface area contributed by atoms with Crippen molar-refractivity contribution in [2.75, 3.05) is 6.54 Å². The lowest BCUT2D eigenvalue weighted by atomic mass is 9.92. The zero-order valence-electron chi connectivity index (χ0n) is 10.6. The Morgan fingerprint density at radius 3 is 2.65 bits per heavy atom. The van der Waals surface area contributed by atoms with Crippen molar-refractivity contribution in [2.45, 2.75) is 38.0 Å². The highest BCUT2D eigenvalue weighted by Gasteiger charge is 2.28. The third-order valence-electron chi connectivity index (χ3n) is 2.20. The lowest BCUT2D eigenvalue weighted by Gasteiger charge is -2.24. The molecule has 0 bridgehead atoms. The van der Waals surface area contributed by atoms with Crippen LogP contribution in [0.25, 0.3) is 0 Å². The second-order valence-electron chi connectivity index (χ2n) is 5.00. The van der Waals surface area contributed by atoms with Crippen LogP contribution >= 0.6 is 22.6 Å². The number of carbonyl (C=O) groups excluding carboxylic acids is 1. The van der Waals surface area contributed by atoms with E-state index >= 15 is 0 Å². The highest BCUT2D eigenvalue weighted by Crippen LogP contribution is 2.26. The van der Waals surface area contributed by atoms with Crippen LogP contribution in [0.15, 0.2) is 4.52 Å². The molecule has 0 aliphatic heterocycles. The Kier molecular flexibility index (Phi) is 4.91. The summed E-state index contributed by atoms with van der Waals surface area (Å²) < 4.78 is 4.91. The Balaban J connectivity index is 2.34. The standard InChI is InChI=1S/C11H18IN3O2/c1-7-14-8(17-15-7)5-6-13-10(16)9(12)11(2,3)4/h9H,5-6H2,1-4H3,(H,13,16). The number of carbonyl (C=O) groups is 1. The molecule has 96 valence electrons. The number of aryl methyl sites for hydroxylation is 1. The van der Waals surface area contributed by atoms with Gasteiger partial charge < -0.3 is 9.84 Å². The Hall–Kier alpha value is -0.660. The molecule has 1 N–H and O–H groups in total. The smallest absolute Gasteiger partial charge is 0.233 e. The summed E-state index contributed by atoms with van der Waals surface area (Å²) in [7, 11) is 0. The van der Waals surface area contributed by atoms with Gasteiger partial charge in [0.25, 0.3) is 0 Å². The van der Waals surface area contributed by atoms with E-state index in [2.05, 4.69) is 38.0 Å². The van der Waals surface area contributed by atoms with Crippen molar-refractivity contribution >= 4 is 28.5 Å². The minimum Gasteiger partial charge on any atom is -0.355 e. The molecule has 1 heterocycles. The first-order chi connectivity index (χ1) is 7.80. The Labute approximate surface area is 115 Å². The van der Waals surface area contributed by atoms with E-state index in [1.165, 1.54) is 0 Å². The fraction of sp³-hybridized carbons (Fsp3) is 0.727. The first-order valence-corrected chi connectivity index (χ1v) is 6.76. The summed E-state index contributed by atoms with van der Waals surface area (Å²) in [6.45, 7) is 8.43. The summed E-state index contributed by atoms with van der Waals surface area (Å²) >= 11 is 2.17. The SMILES string of the molecule is Cc1noc(CCNC(=O)C(I)C(C)(C)C)n1. The zero-order valence-corrected chi connectivity index (χ0v) is 12.7. The van der Waals surface area contributed by atoms with Crippen LogP contribution in [0.5, 0.6) is 0 Å². The lowest BCUT2D eigenvalue weighted by molar-refractivity contribution is -0.121. The molecule has 1 rings (SSSR count). The molecule has 0 aliphatic rings. The topological polar surface area (TPSA) is 68.0 Å². The van der Waals surface area contributed by atoms with E-state index in [0.29, 0.717) is 24.7 Å². The van der Waals surface area contributed by atoms with Gasteiger partial charge in [-0.15, -0.1) is 0 Å². The molecule has 1 atom stereocenters. The van der Waals surface area contributed by atoms with Gasteiger partial charge in [0, 0.05) is 13.0 Å². The van der Waals surface area contributed by atoms with E-state index in [9.17, 15) is 4.79 Å². The third kappa shape index (κ3) is 4.61. The van der Waals surface area contributed by atoms with Gasteiger partial charge in [-0.25, -0.2) is 0 Å². The van der Waals surface area contributed by atoms with E-state index in [4.69, 9.17) is 4.52 Å². The third-order valence-corrected chi connectivity index (χ3v) is 4.63. The molecule has 1 aromatic rings. The van der Waals surface area contributed by atoms with Crippen LogP contribution in [0, 0.1) is 12.3 Å². The molecular weight excluding hydrogens is 333 g/mol. The van der Waals surface area contributed by atoms with Crippen molar-refractivity contribution in [2.24, 2.45) is 5.41 Å². The fourth-order valence-corrected chi connectivity index (χ4v) is 1.44. The maximum absolute atomic E-state index is 11.8. The fourth-order valence-electron chi connectivity index (χ4n) is 1.22. The van der Waals surface area contributed by atoms with E-state index in [0.717, 1.165) is 0 Å². The number of nitrogens with one attached hydrogen (secondary N) is 1. The van der Waals surface area contributed by atoms with Crippen LogP contribution in [-0.4, -0.2) is 26.5 Å². The molecule has 1 unspecified atom stereocenters. The maximum atomic E-state index is 11.8. The van der Waals surface area contributed by atoms with Crippen LogP contribution in [0.1, 0.15) is 32.5 Å². The second-order valence-corrected chi connectivity index (χ2v) is 6.25. The van der Waals surface area contributed by atoms with Crippen molar-refractivity contribution < 1.29 is 9.32 Å². The van der Waals surface area contributed by atoms with Gasteiger partial charge in [-0.1, -0.05) is 48.5 Å². The largest absolute Gasteiger partial charge is 0.355 e. The van der Waals surface area contributed by atoms with Gasteiger partial charge in [0.2, 0.25) is 11.8 Å². The van der Waals surface area contributed by atoms with Gasteiger partial charge in [-0.3, -0.25) is 4.79 Å². The first-order valence-electron chi connectivity index (χ1n) is 5.51. The van der Waals surface area contributed by atoms with Crippen LogP contribution in [-0.2, 0) is 11.2 Å². The number of rotatable bonds is 4. The highest BCUT2D eigenvalue weighted by molar-refractivity contribution is 14.1. The highest BCUT2D eigenvalue weighted by atomic mass is 127. The van der Waals surface area contributed by atoms with Crippen molar-refractivity contribution in [1.82, 2.24) is 15.5 Å². The first kappa shape index (κ1) is 14.4. The normalized spacial score (nSPS) is 13.5. The molecule has 6 heteroatoms. The van der Waals surface area contributed by atoms with E-state index in [-0.39, 0.29) is 15.2 Å². The van der Waals surface area contributed by atoms with E-state index in [1.54, 1.807) is 6.92 Å². The summed E-state index contributed by atoms with van der Waals surface area (Å²) in [5.74, 6) is 1.23. The molecule has 17 heavy (non-hydrogen) atoms. The molecule has 0 aliphatic carbocycles. The van der Waals surface area contributed by atoms with Gasteiger partial charge >= 0.3 is 0 Å². The summed E-state index contributed by atoms with van der Waals surface area (Å²) in [5.41, 5.74) is -0.0360. The number of amides is 1. The summed E-state index contributed by atoms with van der Waals surface area (Å²) in [6, 6.07) is 0. The van der Waals surface area contributed by atoms with Crippen molar-refractivity contribution in [3.05, 3.63) is 11.7 Å². The quantitative estimate of drug-likeness (QED) is 0.665. The van der Waals surface area contributed by atoms with Gasteiger partial charge in [-0.2, -0.15) is 4.98 Å². The summed E-state index contributed by atoms with van der Waals surface area (Å²) in [4.78, 5) is 15.9. The van der Waals surface area contributed by atoms with Gasteiger partial charge in [0.05, 0.1) is 3.92 Å². The monoisotopic (exact) mass is 351 g/mol. The molecule has 0 saturated carbocycles. The van der Waals surface area contributed by atoms with Crippen molar-refractivity contribution in [3.8, 4) is 0 Å². The molecule has 0 radical (unpaired) electrons. The second kappa shape index (κ2) is 5.79. The lowest BCUT2D eigenvalue weighted by Crippen LogP contribution is -2.39. The molecule has 0 aromatic carbocycles. The number of hydrogen-bond acceptors (Lipinski definition) is 4.